The zero-order valence-corrected chi connectivity index (χ0v) is 21.2. The highest BCUT2D eigenvalue weighted by Crippen LogP contribution is 2.25. The maximum absolute atomic E-state index is 12.4. The summed E-state index contributed by atoms with van der Waals surface area (Å²) in [5, 5.41) is 5.65. The van der Waals surface area contributed by atoms with Crippen molar-refractivity contribution in [2.45, 2.75) is 64.5 Å². The van der Waals surface area contributed by atoms with Crippen molar-refractivity contribution in [2.24, 2.45) is 0 Å². The maximum atomic E-state index is 12.4. The van der Waals surface area contributed by atoms with Crippen molar-refractivity contribution in [1.82, 2.24) is 20.8 Å². The minimum Gasteiger partial charge on any atom is -0.343 e. The van der Waals surface area contributed by atoms with Crippen molar-refractivity contribution < 1.29 is 48.0 Å². The molecule has 198 valence electrons. The predicted molar refractivity (Wildman–Crippen MR) is 124 cm³/mol. The van der Waals surface area contributed by atoms with Crippen LogP contribution in [0.4, 0.5) is 0 Å². The van der Waals surface area contributed by atoms with Gasteiger partial charge >= 0.3 is 11.9 Å². The molecule has 0 aromatic heterocycles. The summed E-state index contributed by atoms with van der Waals surface area (Å²) in [5.41, 5.74) is 0. The van der Waals surface area contributed by atoms with Crippen molar-refractivity contribution in [2.75, 3.05) is 11.5 Å². The molecule has 14 nitrogen and oxygen atoms in total. The van der Waals surface area contributed by atoms with Crippen LogP contribution in [0.25, 0.3) is 0 Å². The number of nitrogens with one attached hydrogen (secondary N) is 2. The van der Waals surface area contributed by atoms with Crippen LogP contribution in [-0.2, 0) is 48.0 Å². The molecule has 36 heavy (non-hydrogen) atoms. The number of hydroxylamine groups is 4. The molecule has 2 rings (SSSR count). The summed E-state index contributed by atoms with van der Waals surface area (Å²) < 4.78 is 0. The first-order valence-corrected chi connectivity index (χ1v) is 13.4. The smallest absolute Gasteiger partial charge is 0.343 e. The van der Waals surface area contributed by atoms with Gasteiger partial charge in [0.05, 0.1) is 0 Å². The van der Waals surface area contributed by atoms with E-state index in [1.165, 1.54) is 35.4 Å². The molecule has 2 aliphatic heterocycles. The number of carbonyl (C=O) groups excluding carboxylic acids is 8. The van der Waals surface area contributed by atoms with Gasteiger partial charge < -0.3 is 20.3 Å². The number of hydrogen-bond acceptors (Lipinski definition) is 12. The SMILES string of the molecule is CC(=O)N[C@@H](CCSSCC[C@H](NC(C)=O)C(=O)ON1C(=O)CCC1=O)C(=O)ON1C(=O)CCC1=O. The molecule has 6 amide bonds. The standard InChI is InChI=1S/C20H26N4O10S2/c1-11(25)21-13(19(31)33-23-15(27)3-4-16(23)28)7-9-35-36-10-8-14(22-12(2)26)20(32)34-24-17(29)5-6-18(24)30/h13-14H,3-10H2,1-2H3,(H,21,25)(H,22,26)/t13-,14-/m0/s1. The van der Waals surface area contributed by atoms with Crippen molar-refractivity contribution in [3.05, 3.63) is 0 Å². The molecule has 2 heterocycles. The Hall–Kier alpha value is -3.14. The van der Waals surface area contributed by atoms with E-state index in [1.807, 2.05) is 0 Å². The van der Waals surface area contributed by atoms with Crippen LogP contribution in [0.1, 0.15) is 52.4 Å². The summed E-state index contributed by atoms with van der Waals surface area (Å²) in [6.45, 7) is 2.41. The lowest BCUT2D eigenvalue weighted by Crippen LogP contribution is -2.45. The van der Waals surface area contributed by atoms with E-state index in [-0.39, 0.29) is 38.5 Å². The Morgan fingerprint density at radius 3 is 1.28 bits per heavy atom. The lowest BCUT2D eigenvalue weighted by molar-refractivity contribution is -0.199. The topological polar surface area (TPSA) is 186 Å². The van der Waals surface area contributed by atoms with E-state index >= 15 is 0 Å². The summed E-state index contributed by atoms with van der Waals surface area (Å²) in [5.74, 6) is -4.73. The summed E-state index contributed by atoms with van der Waals surface area (Å²) in [4.78, 5) is 104. The molecule has 0 spiro atoms. The van der Waals surface area contributed by atoms with Crippen LogP contribution in [0.2, 0.25) is 0 Å². The Bertz CT molecular complexity index is 837. The second kappa shape index (κ2) is 13.8. The average Bonchev–Trinajstić information content (AvgIpc) is 3.29. The van der Waals surface area contributed by atoms with E-state index < -0.39 is 59.5 Å². The van der Waals surface area contributed by atoms with Gasteiger partial charge in [-0.25, -0.2) is 9.59 Å². The second-order valence-electron chi connectivity index (χ2n) is 7.71. The number of nitrogens with zero attached hydrogens (tertiary/aromatic N) is 2. The van der Waals surface area contributed by atoms with E-state index in [9.17, 15) is 38.4 Å². The highest BCUT2D eigenvalue weighted by atomic mass is 33.1. The van der Waals surface area contributed by atoms with Crippen LogP contribution in [0.3, 0.4) is 0 Å². The van der Waals surface area contributed by atoms with Gasteiger partial charge in [-0.1, -0.05) is 21.6 Å². The molecule has 2 fully saturated rings. The Morgan fingerprint density at radius 1 is 0.694 bits per heavy atom. The van der Waals surface area contributed by atoms with E-state index in [0.29, 0.717) is 21.6 Å². The van der Waals surface area contributed by atoms with E-state index in [1.54, 1.807) is 0 Å². The molecule has 0 radical (unpaired) electrons. The molecule has 0 aromatic carbocycles. The Kier molecular flexibility index (Phi) is 11.2. The van der Waals surface area contributed by atoms with Crippen LogP contribution in [0.15, 0.2) is 0 Å². The third kappa shape index (κ3) is 8.82. The fourth-order valence-electron chi connectivity index (χ4n) is 3.06. The first-order valence-electron chi connectivity index (χ1n) is 10.9. The largest absolute Gasteiger partial charge is 0.355 e. The van der Waals surface area contributed by atoms with E-state index in [2.05, 4.69) is 10.6 Å². The van der Waals surface area contributed by atoms with Gasteiger partial charge in [0, 0.05) is 51.0 Å². The monoisotopic (exact) mass is 546 g/mol. The van der Waals surface area contributed by atoms with Crippen molar-refractivity contribution in [3.8, 4) is 0 Å². The minimum atomic E-state index is -1.09. The highest BCUT2D eigenvalue weighted by molar-refractivity contribution is 8.76. The number of amides is 6. The molecular weight excluding hydrogens is 520 g/mol. The molecule has 2 N–H and O–H groups in total. The first kappa shape index (κ1) is 29.1. The van der Waals surface area contributed by atoms with Gasteiger partial charge in [0.1, 0.15) is 12.1 Å². The molecule has 0 aliphatic carbocycles. The third-order valence-corrected chi connectivity index (χ3v) is 7.23. The van der Waals surface area contributed by atoms with Gasteiger partial charge in [-0.2, -0.15) is 0 Å². The number of carbonyl (C=O) groups is 8. The zero-order valence-electron chi connectivity index (χ0n) is 19.6. The lowest BCUT2D eigenvalue weighted by Gasteiger charge is -2.20. The normalized spacial score (nSPS) is 17.2. The third-order valence-electron chi connectivity index (χ3n) is 4.76. The van der Waals surface area contributed by atoms with Gasteiger partial charge in [0.2, 0.25) is 11.8 Å². The second-order valence-corrected chi connectivity index (χ2v) is 10.4. The Labute approximate surface area is 213 Å². The predicted octanol–water partition coefficient (Wildman–Crippen LogP) is -0.628. The van der Waals surface area contributed by atoms with Crippen LogP contribution >= 0.6 is 21.6 Å². The Morgan fingerprint density at radius 2 is 1.00 bits per heavy atom. The summed E-state index contributed by atoms with van der Waals surface area (Å²) in [6, 6.07) is -2.18. The van der Waals surface area contributed by atoms with Crippen molar-refractivity contribution in [3.63, 3.8) is 0 Å². The average molecular weight is 547 g/mol. The van der Waals surface area contributed by atoms with Crippen molar-refractivity contribution >= 4 is 69.0 Å². The van der Waals surface area contributed by atoms with Gasteiger partial charge in [0.15, 0.2) is 0 Å². The fourth-order valence-corrected chi connectivity index (χ4v) is 5.25. The molecule has 16 heteroatoms. The Balaban J connectivity index is 1.79. The van der Waals surface area contributed by atoms with Gasteiger partial charge in [-0.05, 0) is 12.8 Å². The summed E-state index contributed by atoms with van der Waals surface area (Å²) in [7, 11) is 2.61. The number of imide groups is 2. The molecule has 2 saturated heterocycles. The lowest BCUT2D eigenvalue weighted by atomic mass is 10.2. The molecular formula is C20H26N4O10S2. The van der Waals surface area contributed by atoms with Gasteiger partial charge in [-0.15, -0.1) is 10.1 Å². The zero-order chi connectivity index (χ0) is 26.8. The maximum Gasteiger partial charge on any atom is 0.355 e. The van der Waals surface area contributed by atoms with Gasteiger partial charge in [0.25, 0.3) is 23.6 Å². The first-order chi connectivity index (χ1) is 17.0. The minimum absolute atomic E-state index is 0.0545. The number of rotatable bonds is 13. The quantitative estimate of drug-likeness (QED) is 0.170. The summed E-state index contributed by atoms with van der Waals surface area (Å²) >= 11 is 0. The van der Waals surface area contributed by atoms with Crippen molar-refractivity contribution in [1.29, 1.82) is 0 Å². The molecule has 0 aromatic rings. The molecule has 2 atom stereocenters. The van der Waals surface area contributed by atoms with Gasteiger partial charge in [-0.3, -0.25) is 28.8 Å². The molecule has 0 saturated carbocycles. The van der Waals surface area contributed by atoms with Crippen LogP contribution < -0.4 is 10.6 Å². The molecule has 2 aliphatic rings. The van der Waals surface area contributed by atoms with Crippen LogP contribution in [0.5, 0.6) is 0 Å². The highest BCUT2D eigenvalue weighted by Gasteiger charge is 2.36. The number of hydrogen-bond donors (Lipinski definition) is 2. The fraction of sp³-hybridized carbons (Fsp3) is 0.600. The molecule has 0 bridgehead atoms. The summed E-state index contributed by atoms with van der Waals surface area (Å²) in [6.07, 6.45) is 0.0373. The van der Waals surface area contributed by atoms with E-state index in [0.717, 1.165) is 0 Å². The van der Waals surface area contributed by atoms with Crippen LogP contribution in [-0.4, -0.2) is 81.1 Å². The van der Waals surface area contributed by atoms with Crippen LogP contribution in [0, 0.1) is 0 Å². The molecule has 0 unspecified atom stereocenters. The van der Waals surface area contributed by atoms with E-state index in [4.69, 9.17) is 9.68 Å².